The molecule has 0 bridgehead atoms. The van der Waals surface area contributed by atoms with Crippen LogP contribution in [0.1, 0.15) is 52.4 Å². The zero-order chi connectivity index (χ0) is 12.9. The Morgan fingerprint density at radius 1 is 1.00 bits per heavy atom. The highest BCUT2D eigenvalue weighted by Crippen LogP contribution is 2.52. The van der Waals surface area contributed by atoms with Crippen molar-refractivity contribution < 1.29 is 9.59 Å². The molecule has 18 heavy (non-hydrogen) atoms. The molecule has 0 saturated heterocycles. The number of Topliss-reactive ketones (excluding diaryl/α,β-unsaturated/α-hetero) is 2. The minimum Gasteiger partial charge on any atom is -0.299 e. The Kier molecular flexibility index (Phi) is 3.07. The van der Waals surface area contributed by atoms with Crippen LogP contribution in [-0.4, -0.2) is 11.6 Å². The summed E-state index contributed by atoms with van der Waals surface area (Å²) in [7, 11) is 0. The van der Waals surface area contributed by atoms with Gasteiger partial charge in [-0.15, -0.1) is 0 Å². The van der Waals surface area contributed by atoms with Crippen molar-refractivity contribution in [3.05, 3.63) is 0 Å². The monoisotopic (exact) mass is 248 g/mol. The predicted molar refractivity (Wildman–Crippen MR) is 70.0 cm³/mol. The van der Waals surface area contributed by atoms with Crippen molar-refractivity contribution in [1.82, 2.24) is 0 Å². The van der Waals surface area contributed by atoms with E-state index in [2.05, 4.69) is 13.8 Å². The third kappa shape index (κ3) is 1.85. The van der Waals surface area contributed by atoms with Crippen LogP contribution in [-0.2, 0) is 9.59 Å². The van der Waals surface area contributed by atoms with Crippen molar-refractivity contribution in [2.45, 2.75) is 52.4 Å². The molecule has 3 aliphatic rings. The first-order valence-corrected chi connectivity index (χ1v) is 7.63. The molecule has 0 aromatic carbocycles. The summed E-state index contributed by atoms with van der Waals surface area (Å²) in [6, 6.07) is 0. The number of ketones is 2. The van der Waals surface area contributed by atoms with Gasteiger partial charge in [0, 0.05) is 24.7 Å². The second kappa shape index (κ2) is 4.47. The van der Waals surface area contributed by atoms with Crippen LogP contribution in [0.5, 0.6) is 0 Å². The lowest BCUT2D eigenvalue weighted by molar-refractivity contribution is -0.148. The predicted octanol–water partition coefficient (Wildman–Crippen LogP) is 3.24. The molecule has 0 radical (unpaired) electrons. The molecule has 2 heteroatoms. The van der Waals surface area contributed by atoms with E-state index in [1.165, 1.54) is 12.8 Å². The number of hydrogen-bond acceptors (Lipinski definition) is 2. The van der Waals surface area contributed by atoms with Gasteiger partial charge in [-0.2, -0.15) is 0 Å². The Morgan fingerprint density at radius 2 is 1.78 bits per heavy atom. The van der Waals surface area contributed by atoms with E-state index in [9.17, 15) is 9.59 Å². The molecule has 3 aliphatic carbocycles. The van der Waals surface area contributed by atoms with E-state index in [0.717, 1.165) is 19.3 Å². The summed E-state index contributed by atoms with van der Waals surface area (Å²) in [5.41, 5.74) is 0. The van der Waals surface area contributed by atoms with Crippen LogP contribution in [0.15, 0.2) is 0 Å². The molecule has 0 amide bonds. The van der Waals surface area contributed by atoms with Crippen molar-refractivity contribution in [1.29, 1.82) is 0 Å². The lowest BCUT2D eigenvalue weighted by atomic mass is 9.53. The van der Waals surface area contributed by atoms with Crippen LogP contribution < -0.4 is 0 Å². The van der Waals surface area contributed by atoms with Gasteiger partial charge in [-0.05, 0) is 49.4 Å². The highest BCUT2D eigenvalue weighted by Gasteiger charge is 2.51. The number of carbonyl (C=O) groups excluding carboxylic acids is 2. The Hall–Kier alpha value is -0.660. The average molecular weight is 248 g/mol. The quantitative estimate of drug-likeness (QED) is 0.659. The fourth-order valence-corrected chi connectivity index (χ4v) is 5.08. The fraction of sp³-hybridized carbons (Fsp3) is 0.875. The van der Waals surface area contributed by atoms with Crippen molar-refractivity contribution in [2.24, 2.45) is 35.5 Å². The van der Waals surface area contributed by atoms with E-state index in [1.54, 1.807) is 0 Å². The number of rotatable bonds is 0. The Labute approximate surface area is 110 Å². The molecule has 0 aromatic heterocycles. The summed E-state index contributed by atoms with van der Waals surface area (Å²) in [4.78, 5) is 24.7. The number of fused-ring (bicyclic) bond motifs is 3. The number of carbonyl (C=O) groups is 2. The van der Waals surface area contributed by atoms with Crippen LogP contribution in [0.2, 0.25) is 0 Å². The maximum atomic E-state index is 12.4. The first kappa shape index (κ1) is 12.4. The number of hydrogen-bond donors (Lipinski definition) is 0. The van der Waals surface area contributed by atoms with Gasteiger partial charge >= 0.3 is 0 Å². The third-order valence-corrected chi connectivity index (χ3v) is 5.72. The average Bonchev–Trinajstić information content (AvgIpc) is 2.29. The standard InChI is InChI=1S/C16H24O2/c1-9-6-11-8-10(2)12-4-3-5-13(17)16(12)15(11)14(18)7-9/h9-12,15-16H,3-8H2,1-2H3/t9-,10?,11-,12-,15-,16-/m1/s1. The summed E-state index contributed by atoms with van der Waals surface area (Å²) in [6.07, 6.45) is 5.99. The second-order valence-corrected chi connectivity index (χ2v) is 7.06. The third-order valence-electron chi connectivity index (χ3n) is 5.72. The van der Waals surface area contributed by atoms with E-state index in [0.29, 0.717) is 41.7 Å². The van der Waals surface area contributed by atoms with Gasteiger partial charge in [0.15, 0.2) is 0 Å². The molecule has 0 spiro atoms. The Balaban J connectivity index is 1.92. The maximum absolute atomic E-state index is 12.4. The largest absolute Gasteiger partial charge is 0.299 e. The minimum absolute atomic E-state index is 0.0903. The van der Waals surface area contributed by atoms with E-state index in [4.69, 9.17) is 0 Å². The Morgan fingerprint density at radius 3 is 2.56 bits per heavy atom. The van der Waals surface area contributed by atoms with Crippen LogP contribution in [0, 0.1) is 35.5 Å². The molecule has 3 fully saturated rings. The summed E-state index contributed by atoms with van der Waals surface area (Å²) in [5.74, 6) is 3.15. The first-order chi connectivity index (χ1) is 8.58. The Bertz CT molecular complexity index is 373. The molecule has 3 saturated carbocycles. The molecule has 1 unspecified atom stereocenters. The van der Waals surface area contributed by atoms with Gasteiger partial charge in [0.05, 0.1) is 0 Å². The molecule has 2 nitrogen and oxygen atoms in total. The molecule has 100 valence electrons. The van der Waals surface area contributed by atoms with Gasteiger partial charge in [0.2, 0.25) is 0 Å². The molecular weight excluding hydrogens is 224 g/mol. The fourth-order valence-electron chi connectivity index (χ4n) is 5.08. The summed E-state index contributed by atoms with van der Waals surface area (Å²) in [6.45, 7) is 4.49. The van der Waals surface area contributed by atoms with Crippen LogP contribution in [0.3, 0.4) is 0 Å². The molecule has 0 aliphatic heterocycles. The van der Waals surface area contributed by atoms with E-state index < -0.39 is 0 Å². The van der Waals surface area contributed by atoms with E-state index in [-0.39, 0.29) is 11.8 Å². The van der Waals surface area contributed by atoms with Gasteiger partial charge < -0.3 is 0 Å². The summed E-state index contributed by atoms with van der Waals surface area (Å²) in [5, 5.41) is 0. The lowest BCUT2D eigenvalue weighted by Gasteiger charge is -2.50. The van der Waals surface area contributed by atoms with Gasteiger partial charge in [-0.25, -0.2) is 0 Å². The molecule has 0 aromatic rings. The molecule has 6 atom stereocenters. The van der Waals surface area contributed by atoms with Gasteiger partial charge in [0.1, 0.15) is 11.6 Å². The molecule has 3 rings (SSSR count). The highest BCUT2D eigenvalue weighted by molar-refractivity contribution is 5.91. The minimum atomic E-state index is 0.0903. The SMILES string of the molecule is CC1C[C@H]2C[C@@H](C)CC(=O)[C@@H]2[C@H]2C(=O)CCC[C@H]12. The molecule has 0 heterocycles. The molecule has 0 N–H and O–H groups in total. The summed E-state index contributed by atoms with van der Waals surface area (Å²) < 4.78 is 0. The smallest absolute Gasteiger partial charge is 0.137 e. The normalized spacial score (nSPS) is 48.6. The van der Waals surface area contributed by atoms with E-state index in [1.807, 2.05) is 0 Å². The highest BCUT2D eigenvalue weighted by atomic mass is 16.1. The lowest BCUT2D eigenvalue weighted by Crippen LogP contribution is -2.50. The van der Waals surface area contributed by atoms with Gasteiger partial charge in [0.25, 0.3) is 0 Å². The zero-order valence-corrected chi connectivity index (χ0v) is 11.5. The topological polar surface area (TPSA) is 34.1 Å². The van der Waals surface area contributed by atoms with Crippen molar-refractivity contribution in [3.8, 4) is 0 Å². The van der Waals surface area contributed by atoms with Crippen molar-refractivity contribution in [2.75, 3.05) is 0 Å². The second-order valence-electron chi connectivity index (χ2n) is 7.06. The van der Waals surface area contributed by atoms with Crippen molar-refractivity contribution in [3.63, 3.8) is 0 Å². The van der Waals surface area contributed by atoms with Crippen LogP contribution in [0.25, 0.3) is 0 Å². The van der Waals surface area contributed by atoms with E-state index >= 15 is 0 Å². The van der Waals surface area contributed by atoms with Crippen LogP contribution >= 0.6 is 0 Å². The summed E-state index contributed by atoms with van der Waals surface area (Å²) >= 11 is 0. The molecular formula is C16H24O2. The van der Waals surface area contributed by atoms with Crippen molar-refractivity contribution >= 4 is 11.6 Å². The van der Waals surface area contributed by atoms with Gasteiger partial charge in [-0.1, -0.05) is 13.8 Å². The first-order valence-electron chi connectivity index (χ1n) is 7.63. The maximum Gasteiger partial charge on any atom is 0.137 e. The van der Waals surface area contributed by atoms with Gasteiger partial charge in [-0.3, -0.25) is 9.59 Å². The zero-order valence-electron chi connectivity index (χ0n) is 11.5. The van der Waals surface area contributed by atoms with Crippen LogP contribution in [0.4, 0.5) is 0 Å².